The van der Waals surface area contributed by atoms with E-state index in [-0.39, 0.29) is 6.10 Å². The molecule has 1 atom stereocenters. The van der Waals surface area contributed by atoms with Crippen LogP contribution in [-0.4, -0.2) is 12.7 Å². The molecular weight excluding hydrogens is 408 g/mol. The smallest absolute Gasteiger partial charge is 0.142 e. The van der Waals surface area contributed by atoms with Crippen molar-refractivity contribution in [3.05, 3.63) is 106 Å². The maximum absolute atomic E-state index is 6.07. The summed E-state index contributed by atoms with van der Waals surface area (Å²) in [6, 6.07) is 28.7. The number of hydrogen-bond donors (Lipinski definition) is 0. The Morgan fingerprint density at radius 1 is 0.733 bits per heavy atom. The molecule has 0 aliphatic carbocycles. The van der Waals surface area contributed by atoms with Crippen LogP contribution in [0.1, 0.15) is 16.0 Å². The lowest BCUT2D eigenvalue weighted by Crippen LogP contribution is -2.18. The zero-order chi connectivity index (χ0) is 20.4. The van der Waals surface area contributed by atoms with Gasteiger partial charge in [-0.3, -0.25) is 0 Å². The first-order valence-corrected chi connectivity index (χ1v) is 11.5. The second-order valence-electron chi connectivity index (χ2n) is 6.70. The van der Waals surface area contributed by atoms with Gasteiger partial charge in [-0.05, 0) is 34.7 Å². The van der Waals surface area contributed by atoms with Crippen molar-refractivity contribution < 1.29 is 9.47 Å². The van der Waals surface area contributed by atoms with Gasteiger partial charge >= 0.3 is 0 Å². The Balaban J connectivity index is 1.40. The molecular formula is C26H22O2S2. The first-order chi connectivity index (χ1) is 14.9. The Bertz CT molecular complexity index is 1070. The van der Waals surface area contributed by atoms with Crippen molar-refractivity contribution in [2.24, 2.45) is 0 Å². The highest BCUT2D eigenvalue weighted by molar-refractivity contribution is 7.21. The maximum atomic E-state index is 6.07. The van der Waals surface area contributed by atoms with E-state index in [1.54, 1.807) is 22.7 Å². The first-order valence-electron chi connectivity index (χ1n) is 9.79. The molecule has 30 heavy (non-hydrogen) atoms. The maximum Gasteiger partial charge on any atom is 0.142 e. The molecule has 0 spiro atoms. The molecule has 0 saturated heterocycles. The van der Waals surface area contributed by atoms with Crippen molar-refractivity contribution in [3.63, 3.8) is 0 Å². The van der Waals surface area contributed by atoms with E-state index in [2.05, 4.69) is 65.8 Å². The van der Waals surface area contributed by atoms with Gasteiger partial charge in [0.25, 0.3) is 0 Å². The zero-order valence-electron chi connectivity index (χ0n) is 16.5. The van der Waals surface area contributed by atoms with E-state index in [0.717, 1.165) is 16.0 Å². The molecule has 4 rings (SSSR count). The highest BCUT2D eigenvalue weighted by Gasteiger charge is 2.08. The largest absolute Gasteiger partial charge is 0.373 e. The van der Waals surface area contributed by atoms with Gasteiger partial charge in [-0.1, -0.05) is 78.6 Å². The summed E-state index contributed by atoms with van der Waals surface area (Å²) in [5.74, 6) is 6.55. The van der Waals surface area contributed by atoms with E-state index in [0.29, 0.717) is 19.8 Å². The quantitative estimate of drug-likeness (QED) is 0.292. The molecule has 0 aliphatic heterocycles. The molecule has 0 N–H and O–H groups in total. The fourth-order valence-electron chi connectivity index (χ4n) is 2.87. The van der Waals surface area contributed by atoms with Gasteiger partial charge in [-0.2, -0.15) is 0 Å². The molecule has 2 aromatic heterocycles. The third-order valence-electron chi connectivity index (χ3n) is 4.40. The molecule has 0 fully saturated rings. The average molecular weight is 431 g/mol. The zero-order valence-corrected chi connectivity index (χ0v) is 18.1. The minimum absolute atomic E-state index is 0.291. The highest BCUT2D eigenvalue weighted by Crippen LogP contribution is 2.31. The van der Waals surface area contributed by atoms with Crippen molar-refractivity contribution in [3.8, 4) is 21.6 Å². The Labute approximate surface area is 185 Å². The van der Waals surface area contributed by atoms with Crippen molar-refractivity contribution in [2.45, 2.75) is 19.3 Å². The fourth-order valence-corrected chi connectivity index (χ4v) is 4.57. The first kappa shape index (κ1) is 20.6. The number of ether oxygens (including phenoxy) is 2. The molecule has 0 saturated carbocycles. The normalized spacial score (nSPS) is 11.6. The van der Waals surface area contributed by atoms with Gasteiger partial charge in [0.1, 0.15) is 6.10 Å². The summed E-state index contributed by atoms with van der Waals surface area (Å²) in [5, 5.41) is 2.10. The second kappa shape index (κ2) is 10.9. The molecule has 150 valence electrons. The molecule has 1 unspecified atom stereocenters. The van der Waals surface area contributed by atoms with Crippen LogP contribution in [0.2, 0.25) is 0 Å². The number of thiophene rings is 2. The van der Waals surface area contributed by atoms with Crippen LogP contribution in [0, 0.1) is 11.8 Å². The van der Waals surface area contributed by atoms with E-state index < -0.39 is 0 Å². The lowest BCUT2D eigenvalue weighted by molar-refractivity contribution is -0.000578. The topological polar surface area (TPSA) is 18.5 Å². The minimum Gasteiger partial charge on any atom is -0.373 e. The van der Waals surface area contributed by atoms with Crippen LogP contribution in [0.15, 0.2) is 90.3 Å². The van der Waals surface area contributed by atoms with Gasteiger partial charge < -0.3 is 9.47 Å². The molecule has 0 bridgehead atoms. The van der Waals surface area contributed by atoms with E-state index >= 15 is 0 Å². The Morgan fingerprint density at radius 3 is 2.17 bits per heavy atom. The highest BCUT2D eigenvalue weighted by atomic mass is 32.1. The van der Waals surface area contributed by atoms with E-state index in [4.69, 9.17) is 9.47 Å². The molecule has 4 aromatic rings. The van der Waals surface area contributed by atoms with Crippen molar-refractivity contribution in [1.82, 2.24) is 0 Å². The van der Waals surface area contributed by atoms with Crippen molar-refractivity contribution in [1.29, 1.82) is 0 Å². The minimum atomic E-state index is -0.291. The molecule has 0 aliphatic rings. The van der Waals surface area contributed by atoms with Crippen molar-refractivity contribution in [2.75, 3.05) is 6.61 Å². The average Bonchev–Trinajstić information content (AvgIpc) is 3.49. The summed E-state index contributed by atoms with van der Waals surface area (Å²) in [6.07, 6.45) is -0.291. The number of hydrogen-bond acceptors (Lipinski definition) is 4. The van der Waals surface area contributed by atoms with Crippen LogP contribution in [0.3, 0.4) is 0 Å². The lowest BCUT2D eigenvalue weighted by atomic mass is 10.2. The number of rotatable bonds is 8. The van der Waals surface area contributed by atoms with Gasteiger partial charge in [0.2, 0.25) is 0 Å². The molecule has 2 nitrogen and oxygen atoms in total. The Kier molecular flexibility index (Phi) is 7.49. The van der Waals surface area contributed by atoms with Crippen LogP contribution in [0.4, 0.5) is 0 Å². The lowest BCUT2D eigenvalue weighted by Gasteiger charge is -2.13. The van der Waals surface area contributed by atoms with E-state index in [1.807, 2.05) is 36.4 Å². The predicted molar refractivity (Wildman–Crippen MR) is 126 cm³/mol. The summed E-state index contributed by atoms with van der Waals surface area (Å²) in [4.78, 5) is 3.56. The fraction of sp³-hybridized carbons (Fsp3) is 0.154. The standard InChI is InChI=1S/C26H22O2S2/c1-3-8-21(9-4-1)18-27-20-23(28-19-22-10-5-2-6-11-22)13-14-24-15-16-26(30-24)25-12-7-17-29-25/h1-12,15-17,23H,18-20H2. The third kappa shape index (κ3) is 6.16. The van der Waals surface area contributed by atoms with Crippen LogP contribution in [0.25, 0.3) is 9.75 Å². The Morgan fingerprint density at radius 2 is 1.47 bits per heavy atom. The van der Waals surface area contributed by atoms with Crippen molar-refractivity contribution >= 4 is 22.7 Å². The predicted octanol–water partition coefficient (Wildman–Crippen LogP) is 6.63. The third-order valence-corrected chi connectivity index (χ3v) is 6.47. The summed E-state index contributed by atoms with van der Waals surface area (Å²) in [7, 11) is 0. The molecule has 0 amide bonds. The monoisotopic (exact) mass is 430 g/mol. The van der Waals surface area contributed by atoms with E-state index in [9.17, 15) is 0 Å². The summed E-state index contributed by atoms with van der Waals surface area (Å²) in [6.45, 7) is 1.49. The van der Waals surface area contributed by atoms with Crippen LogP contribution in [0.5, 0.6) is 0 Å². The van der Waals surface area contributed by atoms with Gasteiger partial charge in [-0.15, -0.1) is 22.7 Å². The molecule has 0 radical (unpaired) electrons. The van der Waals surface area contributed by atoms with Crippen LogP contribution < -0.4 is 0 Å². The second-order valence-corrected chi connectivity index (χ2v) is 8.73. The van der Waals surface area contributed by atoms with Gasteiger partial charge in [-0.25, -0.2) is 0 Å². The van der Waals surface area contributed by atoms with Gasteiger partial charge in [0.15, 0.2) is 0 Å². The molecule has 2 aromatic carbocycles. The summed E-state index contributed by atoms with van der Waals surface area (Å²) < 4.78 is 12.0. The van der Waals surface area contributed by atoms with Crippen LogP contribution >= 0.6 is 22.7 Å². The molecule has 2 heterocycles. The van der Waals surface area contributed by atoms with Crippen LogP contribution in [-0.2, 0) is 22.7 Å². The van der Waals surface area contributed by atoms with Gasteiger partial charge in [0.05, 0.1) is 24.7 Å². The molecule has 4 heteroatoms. The van der Waals surface area contributed by atoms with E-state index in [1.165, 1.54) is 9.75 Å². The number of benzene rings is 2. The Hall–Kier alpha value is -2.68. The van der Waals surface area contributed by atoms with Gasteiger partial charge in [0, 0.05) is 9.75 Å². The summed E-state index contributed by atoms with van der Waals surface area (Å²) in [5.41, 5.74) is 2.27. The summed E-state index contributed by atoms with van der Waals surface area (Å²) >= 11 is 3.45. The SMILES string of the molecule is C(#CC(COCc1ccccc1)OCc1ccccc1)c1ccc(-c2cccs2)s1.